The molecule has 2 aliphatic rings. The summed E-state index contributed by atoms with van der Waals surface area (Å²) in [7, 11) is 1.63. The van der Waals surface area contributed by atoms with Gasteiger partial charge in [0.1, 0.15) is 12.4 Å². The van der Waals surface area contributed by atoms with Gasteiger partial charge in [-0.25, -0.2) is 0 Å². The summed E-state index contributed by atoms with van der Waals surface area (Å²) < 4.78 is 34.4. The zero-order chi connectivity index (χ0) is 21.5. The Hall–Kier alpha value is -4.06. The van der Waals surface area contributed by atoms with Gasteiger partial charge < -0.3 is 28.4 Å². The van der Waals surface area contributed by atoms with E-state index in [0.29, 0.717) is 23.9 Å². The molecule has 0 atom stereocenters. The zero-order valence-corrected chi connectivity index (χ0v) is 17.4. The van der Waals surface area contributed by atoms with Crippen molar-refractivity contribution in [3.8, 4) is 45.6 Å². The maximum absolute atomic E-state index is 6.30. The Balaban J connectivity index is 1.50. The summed E-state index contributed by atoms with van der Waals surface area (Å²) >= 11 is 0. The van der Waals surface area contributed by atoms with Gasteiger partial charge in [-0.15, -0.1) is 0 Å². The zero-order valence-electron chi connectivity index (χ0n) is 17.4. The van der Waals surface area contributed by atoms with Crippen molar-refractivity contribution in [3.05, 3.63) is 72.3 Å². The Labute approximate surface area is 184 Å². The van der Waals surface area contributed by atoms with Crippen molar-refractivity contribution < 1.29 is 28.4 Å². The van der Waals surface area contributed by atoms with Crippen LogP contribution in [0.15, 0.2) is 66.7 Å². The summed E-state index contributed by atoms with van der Waals surface area (Å²) in [5, 5.41) is 1.93. The van der Waals surface area contributed by atoms with Crippen LogP contribution in [0.1, 0.15) is 5.56 Å². The molecule has 0 unspecified atom stereocenters. The van der Waals surface area contributed by atoms with Gasteiger partial charge in [-0.05, 0) is 52.9 Å². The van der Waals surface area contributed by atoms with Crippen LogP contribution >= 0.6 is 0 Å². The number of ether oxygens (including phenoxy) is 6. The van der Waals surface area contributed by atoms with E-state index < -0.39 is 0 Å². The first kappa shape index (κ1) is 18.7. The predicted molar refractivity (Wildman–Crippen MR) is 119 cm³/mol. The molecule has 6 rings (SSSR count). The van der Waals surface area contributed by atoms with Crippen LogP contribution in [0.2, 0.25) is 0 Å². The fourth-order valence-corrected chi connectivity index (χ4v) is 4.11. The van der Waals surface area contributed by atoms with E-state index in [1.54, 1.807) is 7.11 Å². The number of hydrogen-bond acceptors (Lipinski definition) is 6. The highest BCUT2D eigenvalue weighted by atomic mass is 16.7. The monoisotopic (exact) mass is 428 g/mol. The van der Waals surface area contributed by atoms with Crippen LogP contribution in [0, 0.1) is 0 Å². The number of methoxy groups -OCH3 is 1. The predicted octanol–water partition coefficient (Wildman–Crippen LogP) is 5.55. The molecule has 2 aliphatic heterocycles. The molecule has 4 aromatic rings. The molecule has 0 radical (unpaired) electrons. The van der Waals surface area contributed by atoms with Crippen molar-refractivity contribution in [1.29, 1.82) is 0 Å². The molecule has 0 amide bonds. The number of benzene rings is 4. The molecule has 6 nitrogen and oxygen atoms in total. The van der Waals surface area contributed by atoms with Gasteiger partial charge >= 0.3 is 0 Å². The first-order valence-corrected chi connectivity index (χ1v) is 10.3. The number of fused-ring (bicyclic) bond motifs is 3. The van der Waals surface area contributed by atoms with E-state index in [9.17, 15) is 0 Å². The van der Waals surface area contributed by atoms with E-state index in [-0.39, 0.29) is 13.6 Å². The Morgan fingerprint density at radius 2 is 1.56 bits per heavy atom. The fourth-order valence-electron chi connectivity index (χ4n) is 4.11. The van der Waals surface area contributed by atoms with Crippen molar-refractivity contribution in [2.45, 2.75) is 6.61 Å². The van der Waals surface area contributed by atoms with Gasteiger partial charge in [0, 0.05) is 10.9 Å². The minimum absolute atomic E-state index is 0.182. The van der Waals surface area contributed by atoms with Crippen LogP contribution in [-0.2, 0) is 6.61 Å². The van der Waals surface area contributed by atoms with E-state index >= 15 is 0 Å². The summed E-state index contributed by atoms with van der Waals surface area (Å²) in [5.41, 5.74) is 2.92. The molecule has 4 aromatic carbocycles. The van der Waals surface area contributed by atoms with Gasteiger partial charge in [0.15, 0.2) is 23.0 Å². The number of hydrogen-bond donors (Lipinski definition) is 0. The minimum Gasteiger partial charge on any atom is -0.492 e. The highest BCUT2D eigenvalue weighted by Gasteiger charge is 2.24. The van der Waals surface area contributed by atoms with Crippen LogP contribution in [-0.4, -0.2) is 20.7 Å². The highest BCUT2D eigenvalue weighted by Crippen LogP contribution is 2.49. The standard InChI is InChI=1S/C26H20O6/c1-27-25-19(7-8-21-26(25)32-15-29-21)17-9-18-11-23-24(31-14-30-23)12-20(18)22(10-17)28-13-16-5-3-2-4-6-16/h2-12H,13-15H2,1H3. The molecule has 0 aromatic heterocycles. The molecule has 2 heterocycles. The van der Waals surface area contributed by atoms with Crippen molar-refractivity contribution in [2.75, 3.05) is 20.7 Å². The van der Waals surface area contributed by atoms with Gasteiger partial charge in [0.25, 0.3) is 0 Å². The second-order valence-corrected chi connectivity index (χ2v) is 7.56. The Bertz CT molecular complexity index is 1320. The van der Waals surface area contributed by atoms with E-state index in [2.05, 4.69) is 6.07 Å². The van der Waals surface area contributed by atoms with E-state index in [0.717, 1.165) is 44.7 Å². The van der Waals surface area contributed by atoms with Crippen LogP contribution in [0.5, 0.6) is 34.5 Å². The maximum atomic E-state index is 6.30. The Kier molecular flexibility index (Phi) is 4.42. The summed E-state index contributed by atoms with van der Waals surface area (Å²) in [6.45, 7) is 0.850. The van der Waals surface area contributed by atoms with Crippen molar-refractivity contribution in [1.82, 2.24) is 0 Å². The molecule has 0 N–H and O–H groups in total. The molecular formula is C26H20O6. The fraction of sp³-hybridized carbons (Fsp3) is 0.154. The van der Waals surface area contributed by atoms with Crippen LogP contribution in [0.3, 0.4) is 0 Å². The summed E-state index contributed by atoms with van der Waals surface area (Å²) in [6, 6.07) is 22.0. The van der Waals surface area contributed by atoms with Crippen molar-refractivity contribution in [2.24, 2.45) is 0 Å². The quantitative estimate of drug-likeness (QED) is 0.415. The van der Waals surface area contributed by atoms with Crippen molar-refractivity contribution >= 4 is 10.8 Å². The van der Waals surface area contributed by atoms with E-state index in [1.807, 2.05) is 60.7 Å². The van der Waals surface area contributed by atoms with E-state index in [1.165, 1.54) is 0 Å². The highest BCUT2D eigenvalue weighted by molar-refractivity contribution is 5.96. The lowest BCUT2D eigenvalue weighted by Gasteiger charge is -2.15. The summed E-state index contributed by atoms with van der Waals surface area (Å²) in [6.07, 6.45) is 0. The molecule has 0 saturated heterocycles. The molecule has 0 saturated carbocycles. The Morgan fingerprint density at radius 1 is 0.781 bits per heavy atom. The van der Waals surface area contributed by atoms with Crippen LogP contribution in [0.4, 0.5) is 0 Å². The van der Waals surface area contributed by atoms with Crippen LogP contribution < -0.4 is 28.4 Å². The first-order chi connectivity index (χ1) is 15.8. The van der Waals surface area contributed by atoms with Crippen molar-refractivity contribution in [3.63, 3.8) is 0 Å². The van der Waals surface area contributed by atoms with Gasteiger partial charge in [0.2, 0.25) is 19.3 Å². The topological polar surface area (TPSA) is 55.4 Å². The lowest BCUT2D eigenvalue weighted by atomic mass is 9.98. The molecule has 0 spiro atoms. The van der Waals surface area contributed by atoms with Gasteiger partial charge in [0.05, 0.1) is 7.11 Å². The molecular weight excluding hydrogens is 408 g/mol. The third-order valence-corrected chi connectivity index (χ3v) is 5.65. The lowest BCUT2D eigenvalue weighted by molar-refractivity contribution is 0.171. The third kappa shape index (κ3) is 3.12. The molecule has 0 aliphatic carbocycles. The molecule has 6 heteroatoms. The van der Waals surface area contributed by atoms with E-state index in [4.69, 9.17) is 28.4 Å². The largest absolute Gasteiger partial charge is 0.492 e. The van der Waals surface area contributed by atoms with Gasteiger partial charge in [-0.3, -0.25) is 0 Å². The summed E-state index contributed by atoms with van der Waals surface area (Å²) in [4.78, 5) is 0. The maximum Gasteiger partial charge on any atom is 0.231 e. The van der Waals surface area contributed by atoms with Gasteiger partial charge in [-0.1, -0.05) is 30.3 Å². The SMILES string of the molecule is COc1c(-c2cc(OCc3ccccc3)c3cc4c(cc3c2)OCO4)ccc2c1OCO2. The minimum atomic E-state index is 0.182. The number of rotatable bonds is 5. The molecule has 32 heavy (non-hydrogen) atoms. The normalized spacial score (nSPS) is 13.4. The molecule has 0 fully saturated rings. The second kappa shape index (κ2) is 7.57. The average Bonchev–Trinajstić information content (AvgIpc) is 3.50. The Morgan fingerprint density at radius 3 is 2.41 bits per heavy atom. The second-order valence-electron chi connectivity index (χ2n) is 7.56. The van der Waals surface area contributed by atoms with Crippen LogP contribution in [0.25, 0.3) is 21.9 Å². The van der Waals surface area contributed by atoms with Gasteiger partial charge in [-0.2, -0.15) is 0 Å². The summed E-state index contributed by atoms with van der Waals surface area (Å²) in [5.74, 6) is 4.11. The molecule has 160 valence electrons. The first-order valence-electron chi connectivity index (χ1n) is 10.3. The third-order valence-electron chi connectivity index (χ3n) is 5.65. The smallest absolute Gasteiger partial charge is 0.231 e. The lowest BCUT2D eigenvalue weighted by Crippen LogP contribution is -1.97. The molecule has 0 bridgehead atoms. The average molecular weight is 428 g/mol.